The summed E-state index contributed by atoms with van der Waals surface area (Å²) < 4.78 is 18.5. The maximum absolute atomic E-state index is 13.6. The first-order valence-corrected chi connectivity index (χ1v) is 5.25. The van der Waals surface area contributed by atoms with Gasteiger partial charge in [-0.3, -0.25) is 0 Å². The third kappa shape index (κ3) is 2.45. The molecule has 0 saturated carbocycles. The number of rotatable bonds is 2. The lowest BCUT2D eigenvalue weighted by atomic mass is 10.1. The number of nitrogens with zero attached hydrogens (tertiary/aromatic N) is 1. The number of hydrogen-bond donors (Lipinski definition) is 0. The maximum atomic E-state index is 13.6. The fourth-order valence-corrected chi connectivity index (χ4v) is 1.50. The number of benzene rings is 1. The van der Waals surface area contributed by atoms with Crippen LogP contribution in [0.1, 0.15) is 22.8 Å². The van der Waals surface area contributed by atoms with Gasteiger partial charge in [0.1, 0.15) is 11.6 Å². The number of carbonyl (C=O) groups is 1. The molecule has 0 fully saturated rings. The predicted molar refractivity (Wildman–Crippen MR) is 59.8 cm³/mol. The Kier molecular flexibility index (Phi) is 4.03. The van der Waals surface area contributed by atoms with Crippen LogP contribution in [0.15, 0.2) is 12.1 Å². The van der Waals surface area contributed by atoms with Gasteiger partial charge in [-0.2, -0.15) is 5.26 Å². The third-order valence-corrected chi connectivity index (χ3v) is 2.53. The van der Waals surface area contributed by atoms with Gasteiger partial charge in [0.05, 0.1) is 12.2 Å². The van der Waals surface area contributed by atoms with Gasteiger partial charge in [0.25, 0.3) is 0 Å². The summed E-state index contributed by atoms with van der Waals surface area (Å²) in [4.78, 5) is 11.4. The van der Waals surface area contributed by atoms with Crippen molar-refractivity contribution in [3.8, 4) is 6.07 Å². The van der Waals surface area contributed by atoms with Crippen LogP contribution in [0.3, 0.4) is 0 Å². The molecular formula is C10H7FINO2. The van der Waals surface area contributed by atoms with Crippen molar-refractivity contribution in [1.29, 1.82) is 5.26 Å². The quantitative estimate of drug-likeness (QED) is 0.622. The first-order chi connectivity index (χ1) is 7.11. The highest BCUT2D eigenvalue weighted by molar-refractivity contribution is 14.1. The molecule has 3 nitrogen and oxygen atoms in total. The van der Waals surface area contributed by atoms with Gasteiger partial charge in [-0.05, 0) is 41.6 Å². The number of halogens is 2. The van der Waals surface area contributed by atoms with Crippen LogP contribution in [0.5, 0.6) is 0 Å². The van der Waals surface area contributed by atoms with Crippen LogP contribution in [0, 0.1) is 20.7 Å². The van der Waals surface area contributed by atoms with Crippen LogP contribution in [-0.4, -0.2) is 12.6 Å². The summed E-state index contributed by atoms with van der Waals surface area (Å²) in [5, 5.41) is 8.72. The fourth-order valence-electron chi connectivity index (χ4n) is 1.05. The van der Waals surface area contributed by atoms with E-state index in [4.69, 9.17) is 5.26 Å². The summed E-state index contributed by atoms with van der Waals surface area (Å²) in [5.41, 5.74) is -0.294. The largest absolute Gasteiger partial charge is 0.462 e. The summed E-state index contributed by atoms with van der Waals surface area (Å²) in [6, 6.07) is 4.60. The van der Waals surface area contributed by atoms with Crippen LogP contribution in [0.25, 0.3) is 0 Å². The SMILES string of the molecule is CCOC(=O)c1c(C#N)ccc(I)c1F. The van der Waals surface area contributed by atoms with Crippen molar-refractivity contribution in [3.05, 3.63) is 32.6 Å². The molecule has 0 aliphatic carbocycles. The summed E-state index contributed by atoms with van der Waals surface area (Å²) in [6.07, 6.45) is 0. The van der Waals surface area contributed by atoms with Gasteiger partial charge in [0.2, 0.25) is 0 Å². The van der Waals surface area contributed by atoms with Crippen molar-refractivity contribution in [2.75, 3.05) is 6.61 Å². The molecule has 1 rings (SSSR count). The van der Waals surface area contributed by atoms with E-state index in [1.54, 1.807) is 35.6 Å². The van der Waals surface area contributed by atoms with E-state index in [-0.39, 0.29) is 21.3 Å². The van der Waals surface area contributed by atoms with Gasteiger partial charge in [-0.1, -0.05) is 0 Å². The van der Waals surface area contributed by atoms with Crippen molar-refractivity contribution < 1.29 is 13.9 Å². The standard InChI is InChI=1S/C10H7FINO2/c1-2-15-10(14)8-6(5-13)3-4-7(12)9(8)11/h3-4H,2H2,1H3. The average molecular weight is 319 g/mol. The number of esters is 1. The lowest BCUT2D eigenvalue weighted by Crippen LogP contribution is -2.10. The zero-order chi connectivity index (χ0) is 11.4. The van der Waals surface area contributed by atoms with Gasteiger partial charge in [0.15, 0.2) is 5.82 Å². The van der Waals surface area contributed by atoms with E-state index in [1.807, 2.05) is 0 Å². The van der Waals surface area contributed by atoms with Crippen LogP contribution in [0.4, 0.5) is 4.39 Å². The van der Waals surface area contributed by atoms with E-state index in [0.29, 0.717) is 0 Å². The van der Waals surface area contributed by atoms with E-state index in [9.17, 15) is 9.18 Å². The average Bonchev–Trinajstić information content (AvgIpc) is 2.22. The minimum Gasteiger partial charge on any atom is -0.462 e. The van der Waals surface area contributed by atoms with Crippen LogP contribution < -0.4 is 0 Å². The van der Waals surface area contributed by atoms with Crippen LogP contribution >= 0.6 is 22.6 Å². The molecule has 1 aromatic carbocycles. The lowest BCUT2D eigenvalue weighted by molar-refractivity contribution is 0.0520. The van der Waals surface area contributed by atoms with Gasteiger partial charge < -0.3 is 4.74 Å². The minimum atomic E-state index is -0.801. The highest BCUT2D eigenvalue weighted by Gasteiger charge is 2.20. The van der Waals surface area contributed by atoms with E-state index in [0.717, 1.165) is 0 Å². The summed E-state index contributed by atoms with van der Waals surface area (Å²) in [5.74, 6) is -1.50. The summed E-state index contributed by atoms with van der Waals surface area (Å²) >= 11 is 1.75. The Morgan fingerprint density at radius 3 is 2.87 bits per heavy atom. The van der Waals surface area contributed by atoms with Crippen molar-refractivity contribution in [3.63, 3.8) is 0 Å². The number of nitriles is 1. The lowest BCUT2D eigenvalue weighted by Gasteiger charge is -2.05. The summed E-state index contributed by atoms with van der Waals surface area (Å²) in [7, 11) is 0. The molecule has 0 saturated heterocycles. The van der Waals surface area contributed by atoms with Crippen molar-refractivity contribution in [2.24, 2.45) is 0 Å². The molecule has 0 spiro atoms. The minimum absolute atomic E-state index is 0.00799. The zero-order valence-electron chi connectivity index (χ0n) is 7.88. The van der Waals surface area contributed by atoms with Crippen LogP contribution in [-0.2, 0) is 4.74 Å². The molecular weight excluding hydrogens is 312 g/mol. The Bertz CT molecular complexity index is 440. The molecule has 0 aliphatic rings. The van der Waals surface area contributed by atoms with E-state index in [1.165, 1.54) is 12.1 Å². The molecule has 78 valence electrons. The van der Waals surface area contributed by atoms with Gasteiger partial charge in [-0.25, -0.2) is 9.18 Å². The normalized spacial score (nSPS) is 9.47. The molecule has 0 heterocycles. The Labute approximate surface area is 100.0 Å². The molecule has 0 unspecified atom stereocenters. The monoisotopic (exact) mass is 319 g/mol. The highest BCUT2D eigenvalue weighted by atomic mass is 127. The fraction of sp³-hybridized carbons (Fsp3) is 0.200. The Morgan fingerprint density at radius 2 is 2.33 bits per heavy atom. The Balaban J connectivity index is 3.31. The topological polar surface area (TPSA) is 50.1 Å². The van der Waals surface area contributed by atoms with Crippen molar-refractivity contribution in [2.45, 2.75) is 6.92 Å². The first kappa shape index (κ1) is 11.9. The number of ether oxygens (including phenoxy) is 1. The van der Waals surface area contributed by atoms with Crippen LogP contribution in [0.2, 0.25) is 0 Å². The molecule has 0 N–H and O–H groups in total. The first-order valence-electron chi connectivity index (χ1n) is 4.17. The molecule has 1 aromatic rings. The molecule has 0 aliphatic heterocycles. The molecule has 0 atom stereocenters. The van der Waals surface area contributed by atoms with Crippen molar-refractivity contribution >= 4 is 28.6 Å². The van der Waals surface area contributed by atoms with E-state index < -0.39 is 11.8 Å². The second kappa shape index (κ2) is 5.07. The molecule has 0 aromatic heterocycles. The zero-order valence-corrected chi connectivity index (χ0v) is 10.0. The molecule has 0 bridgehead atoms. The molecule has 15 heavy (non-hydrogen) atoms. The van der Waals surface area contributed by atoms with Crippen molar-refractivity contribution in [1.82, 2.24) is 0 Å². The number of carbonyl (C=O) groups excluding carboxylic acids is 1. The smallest absolute Gasteiger partial charge is 0.342 e. The second-order valence-electron chi connectivity index (χ2n) is 2.62. The maximum Gasteiger partial charge on any atom is 0.342 e. The van der Waals surface area contributed by atoms with Gasteiger partial charge >= 0.3 is 5.97 Å². The Morgan fingerprint density at radius 1 is 1.67 bits per heavy atom. The predicted octanol–water partition coefficient (Wildman–Crippen LogP) is 2.48. The summed E-state index contributed by atoms with van der Waals surface area (Å²) in [6.45, 7) is 1.77. The van der Waals surface area contributed by atoms with E-state index in [2.05, 4.69) is 4.74 Å². The van der Waals surface area contributed by atoms with Gasteiger partial charge in [-0.15, -0.1) is 0 Å². The van der Waals surface area contributed by atoms with Gasteiger partial charge in [0, 0.05) is 3.57 Å². The molecule has 0 radical (unpaired) electrons. The van der Waals surface area contributed by atoms with E-state index >= 15 is 0 Å². The second-order valence-corrected chi connectivity index (χ2v) is 3.78. The number of hydrogen-bond acceptors (Lipinski definition) is 3. The Hall–Kier alpha value is -1.16. The molecule has 0 amide bonds. The highest BCUT2D eigenvalue weighted by Crippen LogP contribution is 2.19. The molecule has 5 heteroatoms. The third-order valence-electron chi connectivity index (χ3n) is 1.69.